The highest BCUT2D eigenvalue weighted by Gasteiger charge is 2.36. The zero-order chi connectivity index (χ0) is 14.8. The zero-order valence-electron chi connectivity index (χ0n) is 11.5. The number of halogens is 2. The normalized spacial score (nSPS) is 26.2. The first kappa shape index (κ1) is 15.5. The largest absolute Gasteiger partial charge is 0.508 e. The molecule has 0 saturated heterocycles. The maximum atomic E-state index is 12.4. The van der Waals surface area contributed by atoms with Crippen molar-refractivity contribution in [2.45, 2.75) is 38.1 Å². The van der Waals surface area contributed by atoms with Crippen molar-refractivity contribution in [1.29, 1.82) is 0 Å². The molecule has 1 aromatic rings. The highest BCUT2D eigenvalue weighted by molar-refractivity contribution is 6.34. The van der Waals surface area contributed by atoms with Gasteiger partial charge in [-0.05, 0) is 37.0 Å². The second-order valence-corrected chi connectivity index (χ2v) is 6.41. The van der Waals surface area contributed by atoms with E-state index in [0.29, 0.717) is 16.8 Å². The molecule has 0 bridgehead atoms. The third-order valence-electron chi connectivity index (χ3n) is 3.92. The summed E-state index contributed by atoms with van der Waals surface area (Å²) in [5.74, 6) is 0.680. The van der Waals surface area contributed by atoms with Crippen molar-refractivity contribution < 1.29 is 9.90 Å². The Morgan fingerprint density at radius 3 is 2.95 bits per heavy atom. The van der Waals surface area contributed by atoms with Crippen molar-refractivity contribution in [3.05, 3.63) is 28.8 Å². The number of phenolic OH excluding ortho intramolecular Hbond substituents is 1. The molecule has 5 heteroatoms. The first-order valence-electron chi connectivity index (χ1n) is 6.83. The lowest BCUT2D eigenvalue weighted by Gasteiger charge is -2.39. The van der Waals surface area contributed by atoms with Gasteiger partial charge in [-0.25, -0.2) is 0 Å². The van der Waals surface area contributed by atoms with Crippen LogP contribution < -0.4 is 5.32 Å². The highest BCUT2D eigenvalue weighted by atomic mass is 35.5. The van der Waals surface area contributed by atoms with Gasteiger partial charge in [0.2, 0.25) is 0 Å². The Hall–Kier alpha value is -0.930. The summed E-state index contributed by atoms with van der Waals surface area (Å²) in [4.78, 5) is 12.4. The highest BCUT2D eigenvalue weighted by Crippen LogP contribution is 2.34. The number of aromatic hydroxyl groups is 1. The van der Waals surface area contributed by atoms with Crippen LogP contribution in [0.2, 0.25) is 5.02 Å². The van der Waals surface area contributed by atoms with Crippen LogP contribution in [0.25, 0.3) is 0 Å². The molecule has 1 aromatic carbocycles. The number of phenols is 1. The van der Waals surface area contributed by atoms with Crippen molar-refractivity contribution >= 4 is 29.1 Å². The van der Waals surface area contributed by atoms with Gasteiger partial charge in [-0.15, -0.1) is 11.6 Å². The van der Waals surface area contributed by atoms with Gasteiger partial charge in [0.25, 0.3) is 5.91 Å². The fourth-order valence-corrected chi connectivity index (χ4v) is 3.44. The molecule has 3 nitrogen and oxygen atoms in total. The van der Waals surface area contributed by atoms with Crippen LogP contribution in [0, 0.1) is 5.92 Å². The predicted molar refractivity (Wildman–Crippen MR) is 81.7 cm³/mol. The topological polar surface area (TPSA) is 49.3 Å². The van der Waals surface area contributed by atoms with Crippen molar-refractivity contribution in [3.8, 4) is 5.75 Å². The second kappa shape index (κ2) is 6.23. The van der Waals surface area contributed by atoms with Gasteiger partial charge in [-0.3, -0.25) is 4.79 Å². The van der Waals surface area contributed by atoms with E-state index in [-0.39, 0.29) is 22.8 Å². The van der Waals surface area contributed by atoms with E-state index in [9.17, 15) is 9.90 Å². The Morgan fingerprint density at radius 2 is 2.30 bits per heavy atom. The lowest BCUT2D eigenvalue weighted by atomic mass is 9.77. The first-order chi connectivity index (χ1) is 9.46. The smallest absolute Gasteiger partial charge is 0.253 e. The molecule has 1 amide bonds. The number of alkyl halides is 1. The van der Waals surface area contributed by atoms with Gasteiger partial charge in [0.1, 0.15) is 5.75 Å². The number of carbonyl (C=O) groups is 1. The first-order valence-corrected chi connectivity index (χ1v) is 7.74. The van der Waals surface area contributed by atoms with E-state index in [1.807, 2.05) is 0 Å². The number of amides is 1. The summed E-state index contributed by atoms with van der Waals surface area (Å²) in [5.41, 5.74) is -0.0835. The fraction of sp³-hybridized carbons (Fsp3) is 0.533. The van der Waals surface area contributed by atoms with E-state index in [2.05, 4.69) is 12.2 Å². The minimum absolute atomic E-state index is 0.0245. The quantitative estimate of drug-likeness (QED) is 0.829. The maximum absolute atomic E-state index is 12.4. The third kappa shape index (κ3) is 3.39. The van der Waals surface area contributed by atoms with Gasteiger partial charge in [0, 0.05) is 5.88 Å². The van der Waals surface area contributed by atoms with Crippen molar-refractivity contribution in [1.82, 2.24) is 5.32 Å². The maximum Gasteiger partial charge on any atom is 0.253 e. The molecule has 1 aliphatic rings. The van der Waals surface area contributed by atoms with Crippen LogP contribution in [0.3, 0.4) is 0 Å². The van der Waals surface area contributed by atoms with Crippen LogP contribution in [-0.2, 0) is 0 Å². The molecule has 20 heavy (non-hydrogen) atoms. The number of hydrogen-bond donors (Lipinski definition) is 2. The van der Waals surface area contributed by atoms with Crippen LogP contribution in [0.5, 0.6) is 5.75 Å². The minimum Gasteiger partial charge on any atom is -0.508 e. The third-order valence-corrected chi connectivity index (χ3v) is 4.76. The zero-order valence-corrected chi connectivity index (χ0v) is 13.0. The van der Waals surface area contributed by atoms with Gasteiger partial charge in [0.15, 0.2) is 0 Å². The summed E-state index contributed by atoms with van der Waals surface area (Å²) in [7, 11) is 0. The summed E-state index contributed by atoms with van der Waals surface area (Å²) >= 11 is 12.1. The fourth-order valence-electron chi connectivity index (χ4n) is 2.92. The lowest BCUT2D eigenvalue weighted by Crippen LogP contribution is -2.52. The minimum atomic E-state index is -0.370. The summed E-state index contributed by atoms with van der Waals surface area (Å²) in [5, 5.41) is 12.8. The molecule has 1 saturated carbocycles. The van der Waals surface area contributed by atoms with Crippen LogP contribution in [0.15, 0.2) is 18.2 Å². The Labute approximate surface area is 129 Å². The molecule has 2 N–H and O–H groups in total. The van der Waals surface area contributed by atoms with Crippen molar-refractivity contribution in [3.63, 3.8) is 0 Å². The van der Waals surface area contributed by atoms with Gasteiger partial charge in [-0.1, -0.05) is 31.4 Å². The van der Waals surface area contributed by atoms with E-state index >= 15 is 0 Å². The average Bonchev–Trinajstić information content (AvgIpc) is 2.41. The summed E-state index contributed by atoms with van der Waals surface area (Å²) in [6.07, 6.45) is 3.98. The molecule has 2 rings (SSSR count). The van der Waals surface area contributed by atoms with Crippen LogP contribution >= 0.6 is 23.2 Å². The number of benzene rings is 1. The van der Waals surface area contributed by atoms with Gasteiger partial charge < -0.3 is 10.4 Å². The summed E-state index contributed by atoms with van der Waals surface area (Å²) in [6, 6.07) is 4.35. The van der Waals surface area contributed by atoms with Gasteiger partial charge in [-0.2, -0.15) is 0 Å². The number of hydrogen-bond acceptors (Lipinski definition) is 2. The molecule has 0 aromatic heterocycles. The average molecular weight is 316 g/mol. The van der Waals surface area contributed by atoms with E-state index in [0.717, 1.165) is 19.3 Å². The molecule has 1 fully saturated rings. The standard InChI is InChI=1S/C15H19Cl2NO2/c1-10-3-2-6-15(8-10,9-16)18-14(20)12-7-11(19)4-5-13(12)17/h4-5,7,10,19H,2-3,6,8-9H2,1H3,(H,18,20). The molecular formula is C15H19Cl2NO2. The summed E-state index contributed by atoms with van der Waals surface area (Å²) < 4.78 is 0. The molecule has 2 unspecified atom stereocenters. The Balaban J connectivity index is 2.19. The van der Waals surface area contributed by atoms with Crippen LogP contribution in [0.1, 0.15) is 43.0 Å². The summed E-state index contributed by atoms with van der Waals surface area (Å²) in [6.45, 7) is 2.17. The van der Waals surface area contributed by atoms with Crippen LogP contribution in [0.4, 0.5) is 0 Å². The van der Waals surface area contributed by atoms with E-state index in [1.165, 1.54) is 24.6 Å². The Kier molecular flexibility index (Phi) is 4.82. The Bertz CT molecular complexity index is 507. The van der Waals surface area contributed by atoms with Gasteiger partial charge >= 0.3 is 0 Å². The molecule has 2 atom stereocenters. The second-order valence-electron chi connectivity index (χ2n) is 5.73. The van der Waals surface area contributed by atoms with Crippen LogP contribution in [-0.4, -0.2) is 22.4 Å². The van der Waals surface area contributed by atoms with E-state index in [1.54, 1.807) is 0 Å². The van der Waals surface area contributed by atoms with Gasteiger partial charge in [0.05, 0.1) is 16.1 Å². The number of nitrogens with one attached hydrogen (secondary N) is 1. The molecular weight excluding hydrogens is 297 g/mol. The SMILES string of the molecule is CC1CCCC(CCl)(NC(=O)c2cc(O)ccc2Cl)C1. The predicted octanol–water partition coefficient (Wildman–Crippen LogP) is 3.96. The molecule has 0 spiro atoms. The molecule has 110 valence electrons. The molecule has 1 aliphatic carbocycles. The lowest BCUT2D eigenvalue weighted by molar-refractivity contribution is 0.0867. The van der Waals surface area contributed by atoms with E-state index in [4.69, 9.17) is 23.2 Å². The van der Waals surface area contributed by atoms with E-state index < -0.39 is 0 Å². The number of carbonyl (C=O) groups excluding carboxylic acids is 1. The van der Waals surface area contributed by atoms with Crippen molar-refractivity contribution in [2.24, 2.45) is 5.92 Å². The van der Waals surface area contributed by atoms with Crippen molar-refractivity contribution in [2.75, 3.05) is 5.88 Å². The monoisotopic (exact) mass is 315 g/mol. The molecule has 0 radical (unpaired) electrons. The molecule has 0 aliphatic heterocycles. The Morgan fingerprint density at radius 1 is 1.55 bits per heavy atom. The molecule has 0 heterocycles. The number of rotatable bonds is 3.